The van der Waals surface area contributed by atoms with Crippen LogP contribution in [0.2, 0.25) is 10.0 Å². The Kier molecular flexibility index (Phi) is 4.02. The van der Waals surface area contributed by atoms with E-state index in [9.17, 15) is 4.79 Å². The van der Waals surface area contributed by atoms with Crippen molar-refractivity contribution in [1.82, 2.24) is 4.98 Å². The van der Waals surface area contributed by atoms with Crippen molar-refractivity contribution in [2.24, 2.45) is 0 Å². The van der Waals surface area contributed by atoms with Crippen molar-refractivity contribution in [1.29, 1.82) is 0 Å². The minimum absolute atomic E-state index is 0.248. The fraction of sp³-hybridized carbons (Fsp3) is 0.0500. The van der Waals surface area contributed by atoms with Gasteiger partial charge < -0.3 is 14.5 Å². The van der Waals surface area contributed by atoms with Crippen LogP contribution in [0.5, 0.6) is 0 Å². The van der Waals surface area contributed by atoms with Gasteiger partial charge in [0, 0.05) is 16.6 Å². The summed E-state index contributed by atoms with van der Waals surface area (Å²) >= 11 is 12.5. The van der Waals surface area contributed by atoms with Crippen LogP contribution in [0, 0.1) is 6.92 Å². The molecule has 0 fully saturated rings. The van der Waals surface area contributed by atoms with Crippen molar-refractivity contribution in [3.05, 3.63) is 69.7 Å². The van der Waals surface area contributed by atoms with Crippen LogP contribution in [0.1, 0.15) is 15.9 Å². The number of furan rings is 1. The molecule has 4 nitrogen and oxygen atoms in total. The molecule has 0 amide bonds. The summed E-state index contributed by atoms with van der Waals surface area (Å²) in [6.45, 7) is 1.94. The second-order valence-electron chi connectivity index (χ2n) is 5.96. The normalized spacial score (nSPS) is 11.2. The highest BCUT2D eigenvalue weighted by Crippen LogP contribution is 2.40. The number of hydrogen-bond acceptors (Lipinski definition) is 2. The van der Waals surface area contributed by atoms with E-state index in [4.69, 9.17) is 32.7 Å². The van der Waals surface area contributed by atoms with Crippen LogP contribution in [0.3, 0.4) is 0 Å². The lowest BCUT2D eigenvalue weighted by atomic mass is 10.1. The molecular formula is C20H13Cl2NO3. The maximum absolute atomic E-state index is 11.0. The Hall–Kier alpha value is -2.69. The van der Waals surface area contributed by atoms with Crippen molar-refractivity contribution >= 4 is 40.1 Å². The molecule has 2 aromatic heterocycles. The van der Waals surface area contributed by atoms with Gasteiger partial charge in [-0.1, -0.05) is 35.3 Å². The molecule has 0 saturated heterocycles. The summed E-state index contributed by atoms with van der Waals surface area (Å²) in [6.07, 6.45) is 0. The lowest BCUT2D eigenvalue weighted by Crippen LogP contribution is -1.94. The van der Waals surface area contributed by atoms with Gasteiger partial charge in [0.05, 0.1) is 21.3 Å². The number of halogens is 2. The first-order valence-electron chi connectivity index (χ1n) is 7.86. The number of nitrogens with one attached hydrogen (secondary N) is 1. The second kappa shape index (κ2) is 6.24. The number of aromatic carboxylic acids is 1. The zero-order valence-corrected chi connectivity index (χ0v) is 15.2. The molecule has 0 aliphatic rings. The first-order chi connectivity index (χ1) is 12.5. The predicted octanol–water partition coefficient (Wildman–Crippen LogP) is 6.41. The zero-order valence-electron chi connectivity index (χ0n) is 13.6. The van der Waals surface area contributed by atoms with Gasteiger partial charge in [-0.05, 0) is 48.9 Å². The first-order valence-corrected chi connectivity index (χ1v) is 8.61. The Balaban J connectivity index is 1.78. The van der Waals surface area contributed by atoms with Gasteiger partial charge in [-0.3, -0.25) is 0 Å². The molecule has 26 heavy (non-hydrogen) atoms. The number of benzene rings is 2. The molecule has 4 rings (SSSR count). The molecule has 0 atom stereocenters. The van der Waals surface area contributed by atoms with Crippen LogP contribution < -0.4 is 0 Å². The summed E-state index contributed by atoms with van der Waals surface area (Å²) in [5, 5.41) is 10.9. The van der Waals surface area contributed by atoms with Gasteiger partial charge in [0.2, 0.25) is 0 Å². The fourth-order valence-electron chi connectivity index (χ4n) is 3.02. The van der Waals surface area contributed by atoms with E-state index in [1.807, 2.05) is 19.1 Å². The Morgan fingerprint density at radius 1 is 0.962 bits per heavy atom. The predicted molar refractivity (Wildman–Crippen MR) is 103 cm³/mol. The van der Waals surface area contributed by atoms with E-state index in [2.05, 4.69) is 4.98 Å². The van der Waals surface area contributed by atoms with E-state index in [-0.39, 0.29) is 5.56 Å². The number of carboxylic acid groups (broad SMARTS) is 1. The van der Waals surface area contributed by atoms with Crippen LogP contribution in [0.4, 0.5) is 0 Å². The van der Waals surface area contributed by atoms with E-state index in [0.717, 1.165) is 27.9 Å². The number of aromatic nitrogens is 1. The standard InChI is InChI=1S/C20H13Cl2NO3/c1-10-17-13(21)6-7-14(22)19(17)26-18(10)16-9-8-15(23-16)11-2-4-12(5-3-11)20(24)25/h2-9,23H,1H3,(H,24,25). The molecule has 0 aliphatic heterocycles. The van der Waals surface area contributed by atoms with Crippen molar-refractivity contribution in [3.63, 3.8) is 0 Å². The van der Waals surface area contributed by atoms with E-state index in [1.165, 1.54) is 0 Å². The average Bonchev–Trinajstić information content (AvgIpc) is 3.24. The lowest BCUT2D eigenvalue weighted by molar-refractivity contribution is 0.0697. The van der Waals surface area contributed by atoms with E-state index < -0.39 is 5.97 Å². The number of aromatic amines is 1. The van der Waals surface area contributed by atoms with Crippen LogP contribution in [0.25, 0.3) is 33.7 Å². The summed E-state index contributed by atoms with van der Waals surface area (Å²) in [6, 6.07) is 14.0. The van der Waals surface area contributed by atoms with Crippen molar-refractivity contribution in [2.75, 3.05) is 0 Å². The third-order valence-electron chi connectivity index (χ3n) is 4.35. The third kappa shape index (κ3) is 2.68. The van der Waals surface area contributed by atoms with Gasteiger partial charge >= 0.3 is 5.97 Å². The summed E-state index contributed by atoms with van der Waals surface area (Å²) in [5.74, 6) is -0.279. The summed E-state index contributed by atoms with van der Waals surface area (Å²) < 4.78 is 5.97. The topological polar surface area (TPSA) is 66.2 Å². The van der Waals surface area contributed by atoms with Gasteiger partial charge in [-0.2, -0.15) is 0 Å². The number of hydrogen-bond donors (Lipinski definition) is 2. The highest BCUT2D eigenvalue weighted by Gasteiger charge is 2.18. The molecule has 130 valence electrons. The van der Waals surface area contributed by atoms with E-state index in [0.29, 0.717) is 21.4 Å². The molecule has 0 aliphatic carbocycles. The molecule has 4 aromatic rings. The molecule has 2 aromatic carbocycles. The van der Waals surface area contributed by atoms with Crippen molar-refractivity contribution < 1.29 is 14.3 Å². The molecule has 0 bridgehead atoms. The van der Waals surface area contributed by atoms with Crippen molar-refractivity contribution in [2.45, 2.75) is 6.92 Å². The number of fused-ring (bicyclic) bond motifs is 1. The maximum atomic E-state index is 11.0. The number of aryl methyl sites for hydroxylation is 1. The van der Waals surface area contributed by atoms with Crippen LogP contribution in [-0.2, 0) is 0 Å². The van der Waals surface area contributed by atoms with E-state index >= 15 is 0 Å². The molecule has 2 N–H and O–H groups in total. The molecule has 0 radical (unpaired) electrons. The van der Waals surface area contributed by atoms with Gasteiger partial charge in [0.25, 0.3) is 0 Å². The summed E-state index contributed by atoms with van der Waals surface area (Å²) in [4.78, 5) is 14.3. The van der Waals surface area contributed by atoms with Gasteiger partial charge in [-0.25, -0.2) is 4.79 Å². The Labute approximate surface area is 159 Å². The summed E-state index contributed by atoms with van der Waals surface area (Å²) in [5.41, 5.74) is 4.25. The number of rotatable bonds is 3. The SMILES string of the molecule is Cc1c(-c2ccc(-c3ccc(C(=O)O)cc3)[nH]2)oc2c(Cl)ccc(Cl)c12. The first kappa shape index (κ1) is 16.8. The molecule has 0 unspecified atom stereocenters. The molecule has 6 heteroatoms. The fourth-order valence-corrected chi connectivity index (χ4v) is 3.51. The molecule has 0 spiro atoms. The highest BCUT2D eigenvalue weighted by atomic mass is 35.5. The van der Waals surface area contributed by atoms with Gasteiger partial charge in [0.15, 0.2) is 11.3 Å². The Morgan fingerprint density at radius 3 is 2.27 bits per heavy atom. The smallest absolute Gasteiger partial charge is 0.335 e. The molecule has 0 saturated carbocycles. The third-order valence-corrected chi connectivity index (χ3v) is 4.96. The monoisotopic (exact) mass is 385 g/mol. The lowest BCUT2D eigenvalue weighted by Gasteiger charge is -2.00. The quantitative estimate of drug-likeness (QED) is 0.428. The molecule has 2 heterocycles. The number of H-pyrrole nitrogens is 1. The number of carboxylic acids is 1. The van der Waals surface area contributed by atoms with Crippen LogP contribution in [0.15, 0.2) is 52.9 Å². The van der Waals surface area contributed by atoms with Crippen LogP contribution >= 0.6 is 23.2 Å². The van der Waals surface area contributed by atoms with Gasteiger partial charge in [0.1, 0.15) is 0 Å². The largest absolute Gasteiger partial charge is 0.478 e. The molecular weight excluding hydrogens is 373 g/mol. The van der Waals surface area contributed by atoms with Gasteiger partial charge in [-0.15, -0.1) is 0 Å². The Morgan fingerprint density at radius 2 is 1.62 bits per heavy atom. The zero-order chi connectivity index (χ0) is 18.4. The van der Waals surface area contributed by atoms with Crippen molar-refractivity contribution in [3.8, 4) is 22.7 Å². The van der Waals surface area contributed by atoms with E-state index in [1.54, 1.807) is 36.4 Å². The average molecular weight is 386 g/mol. The Bertz CT molecular complexity index is 1140. The summed E-state index contributed by atoms with van der Waals surface area (Å²) in [7, 11) is 0. The minimum atomic E-state index is -0.949. The number of carbonyl (C=O) groups is 1. The highest BCUT2D eigenvalue weighted by molar-refractivity contribution is 6.40. The van der Waals surface area contributed by atoms with Crippen LogP contribution in [-0.4, -0.2) is 16.1 Å². The maximum Gasteiger partial charge on any atom is 0.335 e. The second-order valence-corrected chi connectivity index (χ2v) is 6.77. The minimum Gasteiger partial charge on any atom is -0.478 e.